The lowest BCUT2D eigenvalue weighted by Crippen LogP contribution is -2.49. The highest BCUT2D eigenvalue weighted by Gasteiger charge is 2.48. The van der Waals surface area contributed by atoms with E-state index in [0.717, 1.165) is 12.8 Å². The highest BCUT2D eigenvalue weighted by Crippen LogP contribution is 2.34. The van der Waals surface area contributed by atoms with E-state index < -0.39 is 16.9 Å². The van der Waals surface area contributed by atoms with Crippen molar-refractivity contribution in [2.45, 2.75) is 57.6 Å². The number of aromatic nitrogens is 2. The van der Waals surface area contributed by atoms with Crippen LogP contribution < -0.4 is 11.2 Å². The molecule has 0 aromatic carbocycles. The van der Waals surface area contributed by atoms with Gasteiger partial charge in [-0.25, -0.2) is 9.59 Å². The molecule has 2 aliphatic heterocycles. The Morgan fingerprint density at radius 1 is 1.30 bits per heavy atom. The van der Waals surface area contributed by atoms with Crippen LogP contribution in [0.2, 0.25) is 0 Å². The third-order valence-electron chi connectivity index (χ3n) is 5.50. The van der Waals surface area contributed by atoms with Gasteiger partial charge in [0.15, 0.2) is 0 Å². The minimum atomic E-state index is -0.596. The highest BCUT2D eigenvalue weighted by molar-refractivity contribution is 5.79. The molecule has 3 rings (SSSR count). The molecule has 1 aromatic rings. The molecule has 2 N–H and O–H groups in total. The Morgan fingerprint density at radius 3 is 2.63 bits per heavy atom. The van der Waals surface area contributed by atoms with E-state index in [4.69, 9.17) is 4.74 Å². The summed E-state index contributed by atoms with van der Waals surface area (Å²) in [7, 11) is 0. The van der Waals surface area contributed by atoms with Crippen LogP contribution >= 0.6 is 0 Å². The van der Waals surface area contributed by atoms with Crippen LogP contribution in [0.4, 0.5) is 4.79 Å². The Morgan fingerprint density at radius 2 is 2.00 bits per heavy atom. The van der Waals surface area contributed by atoms with Crippen LogP contribution in [0.5, 0.6) is 0 Å². The molecule has 9 nitrogen and oxygen atoms in total. The van der Waals surface area contributed by atoms with Crippen LogP contribution in [0, 0.1) is 0 Å². The van der Waals surface area contributed by atoms with E-state index in [-0.39, 0.29) is 30.0 Å². The minimum Gasteiger partial charge on any atom is -0.441 e. The molecule has 148 valence electrons. The molecular formula is C18H26N4O5. The Kier molecular flexibility index (Phi) is 5.38. The smallest absolute Gasteiger partial charge is 0.410 e. The molecule has 0 aliphatic carbocycles. The molecular weight excluding hydrogens is 352 g/mol. The number of carbonyl (C=O) groups excluding carboxylic acids is 2. The van der Waals surface area contributed by atoms with Crippen molar-refractivity contribution in [1.29, 1.82) is 0 Å². The normalized spacial score (nSPS) is 20.0. The van der Waals surface area contributed by atoms with Gasteiger partial charge in [0.25, 0.3) is 5.56 Å². The fourth-order valence-corrected chi connectivity index (χ4v) is 3.83. The number of nitrogens with one attached hydrogen (secondary N) is 2. The first-order chi connectivity index (χ1) is 12.8. The SMILES string of the molecule is CCC[C@H](C)N1CC2(CCN(C(=O)Cc3c[nH]c(=O)[nH]c3=O)CC2)OC1=O. The molecule has 1 aromatic heterocycles. The molecule has 2 fully saturated rings. The van der Waals surface area contributed by atoms with E-state index in [1.165, 1.54) is 6.20 Å². The molecule has 0 saturated carbocycles. The summed E-state index contributed by atoms with van der Waals surface area (Å²) in [4.78, 5) is 55.5. The van der Waals surface area contributed by atoms with Gasteiger partial charge in [0.1, 0.15) is 5.60 Å². The predicted molar refractivity (Wildman–Crippen MR) is 97.5 cm³/mol. The summed E-state index contributed by atoms with van der Waals surface area (Å²) in [5.74, 6) is -0.178. The van der Waals surface area contributed by atoms with Crippen LogP contribution in [-0.2, 0) is 16.0 Å². The summed E-state index contributed by atoms with van der Waals surface area (Å²) in [6.45, 7) is 5.64. The maximum absolute atomic E-state index is 12.5. The van der Waals surface area contributed by atoms with Crippen LogP contribution in [0.25, 0.3) is 0 Å². The second kappa shape index (κ2) is 7.58. The fraction of sp³-hybridized carbons (Fsp3) is 0.667. The van der Waals surface area contributed by atoms with Gasteiger partial charge >= 0.3 is 11.8 Å². The van der Waals surface area contributed by atoms with Crippen molar-refractivity contribution in [2.75, 3.05) is 19.6 Å². The largest absolute Gasteiger partial charge is 0.441 e. The van der Waals surface area contributed by atoms with Gasteiger partial charge in [-0.2, -0.15) is 0 Å². The number of rotatable bonds is 5. The first-order valence-corrected chi connectivity index (χ1v) is 9.42. The number of ether oxygens (including phenoxy) is 1. The van der Waals surface area contributed by atoms with Gasteiger partial charge in [-0.3, -0.25) is 14.6 Å². The lowest BCUT2D eigenvalue weighted by Gasteiger charge is -2.37. The van der Waals surface area contributed by atoms with Gasteiger partial charge in [0, 0.05) is 43.7 Å². The zero-order valence-electron chi connectivity index (χ0n) is 15.7. The zero-order chi connectivity index (χ0) is 19.6. The summed E-state index contributed by atoms with van der Waals surface area (Å²) < 4.78 is 5.70. The standard InChI is InChI=1S/C18H26N4O5/c1-3-4-12(2)22-11-18(27-17(22)26)5-7-21(8-6-18)14(23)9-13-10-19-16(25)20-15(13)24/h10,12H,3-9,11H2,1-2H3,(H2,19,20,24,25)/t12-/m0/s1. The van der Waals surface area contributed by atoms with Gasteiger partial charge in [-0.1, -0.05) is 13.3 Å². The molecule has 1 atom stereocenters. The Hall–Kier alpha value is -2.58. The third kappa shape index (κ3) is 4.06. The lowest BCUT2D eigenvalue weighted by atomic mass is 9.90. The summed E-state index contributed by atoms with van der Waals surface area (Å²) in [6, 6.07) is 0.147. The molecule has 2 amide bonds. The Bertz CT molecular complexity index is 822. The number of carbonyl (C=O) groups is 2. The number of piperidine rings is 1. The maximum Gasteiger partial charge on any atom is 0.410 e. The van der Waals surface area contributed by atoms with Gasteiger partial charge in [-0.05, 0) is 13.3 Å². The van der Waals surface area contributed by atoms with Crippen LogP contribution in [0.3, 0.4) is 0 Å². The monoisotopic (exact) mass is 378 g/mol. The molecule has 0 bridgehead atoms. The van der Waals surface area contributed by atoms with E-state index in [2.05, 4.69) is 16.9 Å². The van der Waals surface area contributed by atoms with Crippen molar-refractivity contribution >= 4 is 12.0 Å². The lowest BCUT2D eigenvalue weighted by molar-refractivity contribution is -0.133. The van der Waals surface area contributed by atoms with Crippen molar-refractivity contribution in [1.82, 2.24) is 19.8 Å². The van der Waals surface area contributed by atoms with Gasteiger partial charge < -0.3 is 19.5 Å². The van der Waals surface area contributed by atoms with Gasteiger partial charge in [0.05, 0.1) is 13.0 Å². The van der Waals surface area contributed by atoms with Crippen LogP contribution in [-0.4, -0.2) is 63.0 Å². The fourth-order valence-electron chi connectivity index (χ4n) is 3.83. The number of H-pyrrole nitrogens is 2. The topological polar surface area (TPSA) is 116 Å². The molecule has 9 heteroatoms. The van der Waals surface area contributed by atoms with E-state index in [0.29, 0.717) is 32.5 Å². The number of nitrogens with zero attached hydrogens (tertiary/aromatic N) is 2. The minimum absolute atomic E-state index is 0.0709. The van der Waals surface area contributed by atoms with Crippen molar-refractivity contribution in [3.8, 4) is 0 Å². The number of hydrogen-bond acceptors (Lipinski definition) is 5. The van der Waals surface area contributed by atoms with E-state index in [1.807, 2.05) is 6.92 Å². The molecule has 2 aliphatic rings. The molecule has 0 radical (unpaired) electrons. The van der Waals surface area contributed by atoms with E-state index in [1.54, 1.807) is 9.80 Å². The van der Waals surface area contributed by atoms with Crippen LogP contribution in [0.15, 0.2) is 15.8 Å². The van der Waals surface area contributed by atoms with E-state index in [9.17, 15) is 19.2 Å². The molecule has 27 heavy (non-hydrogen) atoms. The quantitative estimate of drug-likeness (QED) is 0.779. The van der Waals surface area contributed by atoms with Crippen molar-refractivity contribution in [3.63, 3.8) is 0 Å². The maximum atomic E-state index is 12.5. The van der Waals surface area contributed by atoms with Crippen molar-refractivity contribution < 1.29 is 14.3 Å². The molecule has 1 spiro atoms. The summed E-state index contributed by atoms with van der Waals surface area (Å²) in [5, 5.41) is 0. The van der Waals surface area contributed by atoms with Crippen molar-refractivity contribution in [2.24, 2.45) is 0 Å². The molecule has 3 heterocycles. The highest BCUT2D eigenvalue weighted by atomic mass is 16.6. The third-order valence-corrected chi connectivity index (χ3v) is 5.50. The second-order valence-electron chi connectivity index (χ2n) is 7.47. The van der Waals surface area contributed by atoms with E-state index >= 15 is 0 Å². The van der Waals surface area contributed by atoms with Gasteiger partial charge in [0.2, 0.25) is 5.91 Å². The first-order valence-electron chi connectivity index (χ1n) is 9.42. The summed E-state index contributed by atoms with van der Waals surface area (Å²) in [5.41, 5.74) is -1.44. The first kappa shape index (κ1) is 19.2. The number of likely N-dealkylation sites (tertiary alicyclic amines) is 1. The number of hydrogen-bond donors (Lipinski definition) is 2. The number of aromatic amines is 2. The molecule has 2 saturated heterocycles. The van der Waals surface area contributed by atoms with Crippen molar-refractivity contribution in [3.05, 3.63) is 32.6 Å². The number of amides is 2. The average Bonchev–Trinajstić information content (AvgIpc) is 2.94. The van der Waals surface area contributed by atoms with Gasteiger partial charge in [-0.15, -0.1) is 0 Å². The summed E-state index contributed by atoms with van der Waals surface area (Å²) in [6.07, 6.45) is 4.04. The predicted octanol–water partition coefficient (Wildman–Crippen LogP) is 0.608. The van der Waals surface area contributed by atoms with Crippen LogP contribution in [0.1, 0.15) is 45.1 Å². The summed E-state index contributed by atoms with van der Waals surface area (Å²) >= 11 is 0. The Labute approximate surface area is 156 Å². The second-order valence-corrected chi connectivity index (χ2v) is 7.47. The Balaban J connectivity index is 1.58. The zero-order valence-corrected chi connectivity index (χ0v) is 15.7. The molecule has 0 unspecified atom stereocenters. The average molecular weight is 378 g/mol.